The molecule has 0 amide bonds. The van der Waals surface area contributed by atoms with Crippen molar-refractivity contribution in [1.82, 2.24) is 0 Å². The van der Waals surface area contributed by atoms with Gasteiger partial charge in [0.2, 0.25) is 0 Å². The van der Waals surface area contributed by atoms with Crippen LogP contribution in [0.5, 0.6) is 0 Å². The summed E-state index contributed by atoms with van der Waals surface area (Å²) in [6, 6.07) is 21.5. The van der Waals surface area contributed by atoms with Gasteiger partial charge in [0.1, 0.15) is 0 Å². The van der Waals surface area contributed by atoms with E-state index in [1.54, 1.807) is 0 Å². The van der Waals surface area contributed by atoms with Crippen LogP contribution in [-0.2, 0) is 0 Å². The maximum absolute atomic E-state index is 3.57. The van der Waals surface area contributed by atoms with Gasteiger partial charge in [0.15, 0.2) is 0 Å². The Balaban J connectivity index is 1.81. The van der Waals surface area contributed by atoms with Gasteiger partial charge in [0.05, 0.1) is 0 Å². The zero-order valence-electron chi connectivity index (χ0n) is 12.8. The summed E-state index contributed by atoms with van der Waals surface area (Å²) in [5.74, 6) is 0. The van der Waals surface area contributed by atoms with E-state index in [1.807, 2.05) is 0 Å². The zero-order chi connectivity index (χ0) is 15.1. The Hall–Kier alpha value is -2.74. The highest BCUT2D eigenvalue weighted by Gasteiger charge is 2.13. The normalized spacial score (nSPS) is 12.7. The van der Waals surface area contributed by atoms with Crippen LogP contribution in [0.3, 0.4) is 0 Å². The summed E-state index contributed by atoms with van der Waals surface area (Å²) in [6.45, 7) is 0. The topological polar surface area (TPSA) is 15.3 Å². The highest BCUT2D eigenvalue weighted by Crippen LogP contribution is 2.36. The Kier molecular flexibility index (Phi) is 2.90. The van der Waals surface area contributed by atoms with Gasteiger partial charge in [-0.2, -0.15) is 0 Å². The molecule has 0 radical (unpaired) electrons. The molecule has 2 nitrogen and oxygen atoms in total. The van der Waals surface area contributed by atoms with Crippen molar-refractivity contribution in [3.63, 3.8) is 0 Å². The van der Waals surface area contributed by atoms with Crippen LogP contribution in [0, 0.1) is 0 Å². The van der Waals surface area contributed by atoms with Gasteiger partial charge in [0, 0.05) is 36.6 Å². The van der Waals surface area contributed by atoms with Crippen molar-refractivity contribution >= 4 is 33.9 Å². The summed E-state index contributed by atoms with van der Waals surface area (Å²) in [5.41, 5.74) is 6.03. The first-order valence-corrected chi connectivity index (χ1v) is 7.50. The molecular formula is C20H18N2. The molecule has 22 heavy (non-hydrogen) atoms. The van der Waals surface area contributed by atoms with Crippen LogP contribution >= 0.6 is 0 Å². The maximum Gasteiger partial charge on any atom is 0.0470 e. The standard InChI is InChI=1S/C20H18N2/c1-22(2)17-11-9-14(10-12-17)19-13-16-7-3-5-15-6-4-8-18(21-19)20(15)16/h3-13,21H,1-2H3. The van der Waals surface area contributed by atoms with Crippen molar-refractivity contribution < 1.29 is 0 Å². The van der Waals surface area contributed by atoms with Crippen molar-refractivity contribution in [2.45, 2.75) is 0 Å². The molecule has 0 aromatic heterocycles. The van der Waals surface area contributed by atoms with Crippen LogP contribution in [0.25, 0.3) is 22.5 Å². The van der Waals surface area contributed by atoms with E-state index in [9.17, 15) is 0 Å². The molecule has 3 aromatic carbocycles. The van der Waals surface area contributed by atoms with Crippen molar-refractivity contribution in [3.05, 3.63) is 71.8 Å². The second-order valence-corrected chi connectivity index (χ2v) is 5.88. The maximum atomic E-state index is 3.57. The largest absolute Gasteiger partial charge is 0.378 e. The Morgan fingerprint density at radius 2 is 1.55 bits per heavy atom. The molecule has 1 heterocycles. The average Bonchev–Trinajstić information content (AvgIpc) is 2.55. The SMILES string of the molecule is CN(C)c1ccc(C2=Cc3cccc4cccc(c34)N2)cc1. The molecular weight excluding hydrogens is 268 g/mol. The van der Waals surface area contributed by atoms with E-state index in [0.717, 1.165) is 5.70 Å². The molecule has 0 unspecified atom stereocenters. The van der Waals surface area contributed by atoms with Gasteiger partial charge in [-0.1, -0.05) is 42.5 Å². The van der Waals surface area contributed by atoms with E-state index in [4.69, 9.17) is 0 Å². The van der Waals surface area contributed by atoms with Crippen molar-refractivity contribution in [3.8, 4) is 0 Å². The highest BCUT2D eigenvalue weighted by atomic mass is 15.1. The van der Waals surface area contributed by atoms with E-state index in [2.05, 4.69) is 91.1 Å². The van der Waals surface area contributed by atoms with Crippen LogP contribution in [0.1, 0.15) is 11.1 Å². The summed E-state index contributed by atoms with van der Waals surface area (Å²) in [4.78, 5) is 2.11. The summed E-state index contributed by atoms with van der Waals surface area (Å²) >= 11 is 0. The number of hydrogen-bond acceptors (Lipinski definition) is 2. The molecule has 0 bridgehead atoms. The molecule has 2 heteroatoms. The molecule has 1 aliphatic rings. The lowest BCUT2D eigenvalue weighted by atomic mass is 9.97. The molecule has 0 saturated heterocycles. The van der Waals surface area contributed by atoms with E-state index in [-0.39, 0.29) is 0 Å². The Labute approximate surface area is 130 Å². The van der Waals surface area contributed by atoms with Gasteiger partial charge < -0.3 is 10.2 Å². The summed E-state index contributed by atoms with van der Waals surface area (Å²) in [5, 5.41) is 6.16. The summed E-state index contributed by atoms with van der Waals surface area (Å²) in [6.07, 6.45) is 2.24. The number of anilines is 2. The smallest absolute Gasteiger partial charge is 0.0470 e. The third kappa shape index (κ3) is 2.04. The number of rotatable bonds is 2. The summed E-state index contributed by atoms with van der Waals surface area (Å²) in [7, 11) is 4.12. The van der Waals surface area contributed by atoms with Crippen LogP contribution in [-0.4, -0.2) is 14.1 Å². The van der Waals surface area contributed by atoms with Crippen molar-refractivity contribution in [2.75, 3.05) is 24.3 Å². The Morgan fingerprint density at radius 3 is 2.27 bits per heavy atom. The van der Waals surface area contributed by atoms with Gasteiger partial charge in [-0.15, -0.1) is 0 Å². The first kappa shape index (κ1) is 13.0. The molecule has 108 valence electrons. The van der Waals surface area contributed by atoms with Gasteiger partial charge in [0.25, 0.3) is 0 Å². The third-order valence-corrected chi connectivity index (χ3v) is 4.20. The minimum Gasteiger partial charge on any atom is -0.378 e. The van der Waals surface area contributed by atoms with E-state index >= 15 is 0 Å². The molecule has 0 spiro atoms. The third-order valence-electron chi connectivity index (χ3n) is 4.20. The fourth-order valence-electron chi connectivity index (χ4n) is 3.03. The van der Waals surface area contributed by atoms with E-state index in [1.165, 1.54) is 33.3 Å². The second-order valence-electron chi connectivity index (χ2n) is 5.88. The van der Waals surface area contributed by atoms with E-state index < -0.39 is 0 Å². The van der Waals surface area contributed by atoms with Crippen LogP contribution < -0.4 is 10.2 Å². The molecule has 0 atom stereocenters. The van der Waals surface area contributed by atoms with Gasteiger partial charge in [-0.25, -0.2) is 0 Å². The predicted molar refractivity (Wildman–Crippen MR) is 96.2 cm³/mol. The lowest BCUT2D eigenvalue weighted by Gasteiger charge is -2.21. The molecule has 0 saturated carbocycles. The molecule has 3 aromatic rings. The fourth-order valence-corrected chi connectivity index (χ4v) is 3.03. The Bertz CT molecular complexity index is 869. The fraction of sp³-hybridized carbons (Fsp3) is 0.100. The van der Waals surface area contributed by atoms with Crippen molar-refractivity contribution in [2.24, 2.45) is 0 Å². The molecule has 4 rings (SSSR count). The quantitative estimate of drug-likeness (QED) is 0.726. The molecule has 0 fully saturated rings. The van der Waals surface area contributed by atoms with Gasteiger partial charge in [-0.3, -0.25) is 0 Å². The monoisotopic (exact) mass is 286 g/mol. The Morgan fingerprint density at radius 1 is 0.818 bits per heavy atom. The lowest BCUT2D eigenvalue weighted by Crippen LogP contribution is -2.09. The first-order chi connectivity index (χ1) is 10.7. The molecule has 0 aliphatic carbocycles. The molecule has 1 N–H and O–H groups in total. The molecule has 1 aliphatic heterocycles. The van der Waals surface area contributed by atoms with Crippen LogP contribution in [0.4, 0.5) is 11.4 Å². The van der Waals surface area contributed by atoms with Crippen molar-refractivity contribution in [1.29, 1.82) is 0 Å². The highest BCUT2D eigenvalue weighted by molar-refractivity contribution is 6.09. The van der Waals surface area contributed by atoms with Crippen LogP contribution in [0.15, 0.2) is 60.7 Å². The average molecular weight is 286 g/mol. The summed E-state index contributed by atoms with van der Waals surface area (Å²) < 4.78 is 0. The van der Waals surface area contributed by atoms with E-state index in [0.29, 0.717) is 0 Å². The van der Waals surface area contributed by atoms with Crippen LogP contribution in [0.2, 0.25) is 0 Å². The number of nitrogens with one attached hydrogen (secondary N) is 1. The van der Waals surface area contributed by atoms with Gasteiger partial charge in [-0.05, 0) is 40.8 Å². The minimum absolute atomic E-state index is 1.15. The second kappa shape index (κ2) is 4.92. The number of nitrogens with zero attached hydrogens (tertiary/aromatic N) is 1. The minimum atomic E-state index is 1.15. The van der Waals surface area contributed by atoms with Gasteiger partial charge >= 0.3 is 0 Å². The lowest BCUT2D eigenvalue weighted by molar-refractivity contribution is 1.13. The predicted octanol–water partition coefficient (Wildman–Crippen LogP) is 4.83. The first-order valence-electron chi connectivity index (χ1n) is 7.50. The number of benzene rings is 3. The zero-order valence-corrected chi connectivity index (χ0v) is 12.8. The number of hydrogen-bond donors (Lipinski definition) is 1.